The maximum atomic E-state index is 13.6. The van der Waals surface area contributed by atoms with Gasteiger partial charge in [0.25, 0.3) is 0 Å². The standard InChI is InChI=1S/C12HF7N2O/c13-1-2(14)4(16)9-8(3(1)15)20-10-5(17)6(18)12(22)7(19)11(10)21-9/h22H. The summed E-state index contributed by atoms with van der Waals surface area (Å²) in [6.45, 7) is 0. The van der Waals surface area contributed by atoms with Crippen molar-refractivity contribution in [2.45, 2.75) is 0 Å². The Morgan fingerprint density at radius 2 is 0.773 bits per heavy atom. The number of rotatable bonds is 0. The van der Waals surface area contributed by atoms with Gasteiger partial charge in [0, 0.05) is 0 Å². The van der Waals surface area contributed by atoms with Crippen LogP contribution in [0.4, 0.5) is 30.7 Å². The summed E-state index contributed by atoms with van der Waals surface area (Å²) in [5.74, 6) is -16.0. The fourth-order valence-corrected chi connectivity index (χ4v) is 1.86. The summed E-state index contributed by atoms with van der Waals surface area (Å²) in [5.41, 5.74) is -4.89. The molecule has 0 amide bonds. The first-order valence-corrected chi connectivity index (χ1v) is 5.44. The van der Waals surface area contributed by atoms with Gasteiger partial charge in [-0.25, -0.2) is 36.3 Å². The van der Waals surface area contributed by atoms with Crippen LogP contribution in [0.2, 0.25) is 0 Å². The number of hydrogen-bond donors (Lipinski definition) is 1. The van der Waals surface area contributed by atoms with E-state index in [1.54, 1.807) is 0 Å². The molecule has 0 aliphatic heterocycles. The van der Waals surface area contributed by atoms with Crippen LogP contribution in [0, 0.1) is 40.7 Å². The number of phenols is 1. The molecule has 3 nitrogen and oxygen atoms in total. The number of hydrogen-bond acceptors (Lipinski definition) is 3. The number of fused-ring (bicyclic) bond motifs is 2. The highest BCUT2D eigenvalue weighted by atomic mass is 19.2. The van der Waals surface area contributed by atoms with E-state index in [0.29, 0.717) is 0 Å². The Morgan fingerprint density at radius 3 is 1.18 bits per heavy atom. The van der Waals surface area contributed by atoms with Crippen molar-refractivity contribution in [1.29, 1.82) is 0 Å². The Morgan fingerprint density at radius 1 is 0.455 bits per heavy atom. The fourth-order valence-electron chi connectivity index (χ4n) is 1.86. The van der Waals surface area contributed by atoms with Crippen LogP contribution < -0.4 is 0 Å². The number of benzene rings is 2. The first-order valence-electron chi connectivity index (χ1n) is 5.44. The third-order valence-electron chi connectivity index (χ3n) is 2.91. The normalized spacial score (nSPS) is 11.6. The summed E-state index contributed by atoms with van der Waals surface area (Å²) >= 11 is 0. The number of nitrogens with zero attached hydrogens (tertiary/aromatic N) is 2. The molecule has 0 spiro atoms. The molecule has 3 aromatic rings. The van der Waals surface area contributed by atoms with E-state index in [2.05, 4.69) is 9.97 Å². The molecule has 0 saturated carbocycles. The van der Waals surface area contributed by atoms with Gasteiger partial charge in [0.05, 0.1) is 0 Å². The zero-order chi connectivity index (χ0) is 16.3. The Bertz CT molecular complexity index is 821. The molecule has 22 heavy (non-hydrogen) atoms. The molecular weight excluding hydrogens is 321 g/mol. The molecular formula is C12HF7N2O. The smallest absolute Gasteiger partial charge is 0.205 e. The molecule has 0 atom stereocenters. The van der Waals surface area contributed by atoms with Crippen molar-refractivity contribution in [3.05, 3.63) is 40.7 Å². The molecule has 0 aliphatic rings. The second kappa shape index (κ2) is 4.42. The second-order valence-electron chi connectivity index (χ2n) is 4.16. The number of phenolic OH excluding ortho intramolecular Hbond substituents is 1. The Labute approximate surface area is 115 Å². The van der Waals surface area contributed by atoms with Crippen LogP contribution in [0.1, 0.15) is 0 Å². The summed E-state index contributed by atoms with van der Waals surface area (Å²) in [5, 5.41) is 9.02. The van der Waals surface area contributed by atoms with Gasteiger partial charge in [-0.15, -0.1) is 0 Å². The minimum Gasteiger partial charge on any atom is -0.503 e. The summed E-state index contributed by atoms with van der Waals surface area (Å²) in [4.78, 5) is 6.13. The largest absolute Gasteiger partial charge is 0.503 e. The molecule has 0 bridgehead atoms. The van der Waals surface area contributed by atoms with Crippen molar-refractivity contribution >= 4 is 22.1 Å². The molecule has 0 aliphatic carbocycles. The lowest BCUT2D eigenvalue weighted by Gasteiger charge is -2.08. The maximum absolute atomic E-state index is 13.6. The van der Waals surface area contributed by atoms with E-state index in [9.17, 15) is 30.7 Å². The lowest BCUT2D eigenvalue weighted by molar-refractivity contribution is 0.381. The molecule has 0 radical (unpaired) electrons. The van der Waals surface area contributed by atoms with E-state index >= 15 is 0 Å². The number of aromatic hydroxyl groups is 1. The van der Waals surface area contributed by atoms with Gasteiger partial charge in [-0.2, -0.15) is 4.39 Å². The maximum Gasteiger partial charge on any atom is 0.205 e. The molecule has 2 aromatic carbocycles. The Balaban J connectivity index is 2.64. The van der Waals surface area contributed by atoms with E-state index in [-0.39, 0.29) is 0 Å². The van der Waals surface area contributed by atoms with E-state index in [1.807, 2.05) is 0 Å². The van der Waals surface area contributed by atoms with E-state index in [1.165, 1.54) is 0 Å². The molecule has 1 N–H and O–H groups in total. The minimum absolute atomic E-state index is 1.17. The monoisotopic (exact) mass is 322 g/mol. The van der Waals surface area contributed by atoms with Crippen LogP contribution in [0.15, 0.2) is 0 Å². The molecule has 1 aromatic heterocycles. The van der Waals surface area contributed by atoms with Crippen LogP contribution in [-0.4, -0.2) is 15.1 Å². The highest BCUT2D eigenvalue weighted by molar-refractivity contribution is 5.88. The van der Waals surface area contributed by atoms with Crippen molar-refractivity contribution in [2.75, 3.05) is 0 Å². The van der Waals surface area contributed by atoms with Gasteiger partial charge in [-0.3, -0.25) is 0 Å². The lowest BCUT2D eigenvalue weighted by Crippen LogP contribution is -2.04. The molecule has 0 fully saturated rings. The topological polar surface area (TPSA) is 46.0 Å². The van der Waals surface area contributed by atoms with Gasteiger partial charge >= 0.3 is 0 Å². The van der Waals surface area contributed by atoms with Gasteiger partial charge in [0.1, 0.15) is 22.1 Å². The number of aromatic nitrogens is 2. The molecule has 1 heterocycles. The van der Waals surface area contributed by atoms with Gasteiger partial charge in [0.15, 0.2) is 40.7 Å². The van der Waals surface area contributed by atoms with Crippen molar-refractivity contribution in [3.8, 4) is 5.75 Å². The Kier molecular flexibility index (Phi) is 2.87. The van der Waals surface area contributed by atoms with Crippen LogP contribution in [0.5, 0.6) is 5.75 Å². The average Bonchev–Trinajstić information content (AvgIpc) is 2.52. The minimum atomic E-state index is -2.24. The second-order valence-corrected chi connectivity index (χ2v) is 4.16. The lowest BCUT2D eigenvalue weighted by atomic mass is 10.2. The van der Waals surface area contributed by atoms with Crippen molar-refractivity contribution in [1.82, 2.24) is 9.97 Å². The van der Waals surface area contributed by atoms with E-state index in [0.717, 1.165) is 0 Å². The quantitative estimate of drug-likeness (QED) is 0.298. The van der Waals surface area contributed by atoms with Crippen molar-refractivity contribution in [3.63, 3.8) is 0 Å². The van der Waals surface area contributed by atoms with E-state index < -0.39 is 68.5 Å². The molecule has 0 unspecified atom stereocenters. The predicted octanol–water partition coefficient (Wildman–Crippen LogP) is 3.46. The van der Waals surface area contributed by atoms with Gasteiger partial charge in [0.2, 0.25) is 5.82 Å². The zero-order valence-electron chi connectivity index (χ0n) is 9.99. The molecule has 114 valence electrons. The van der Waals surface area contributed by atoms with Crippen molar-refractivity contribution < 1.29 is 35.8 Å². The van der Waals surface area contributed by atoms with Gasteiger partial charge in [-0.05, 0) is 0 Å². The number of halogens is 7. The first-order chi connectivity index (χ1) is 10.3. The molecule has 0 saturated heterocycles. The van der Waals surface area contributed by atoms with Crippen LogP contribution in [0.3, 0.4) is 0 Å². The summed E-state index contributed by atoms with van der Waals surface area (Å²) in [6, 6.07) is 0. The zero-order valence-corrected chi connectivity index (χ0v) is 9.99. The average molecular weight is 322 g/mol. The van der Waals surface area contributed by atoms with Crippen LogP contribution in [-0.2, 0) is 0 Å². The highest BCUT2D eigenvalue weighted by Gasteiger charge is 2.27. The molecule has 3 rings (SSSR count). The van der Waals surface area contributed by atoms with Gasteiger partial charge in [-0.1, -0.05) is 0 Å². The summed E-state index contributed by atoms with van der Waals surface area (Å²) in [7, 11) is 0. The third-order valence-corrected chi connectivity index (χ3v) is 2.91. The van der Waals surface area contributed by atoms with Crippen LogP contribution in [0.25, 0.3) is 22.1 Å². The fraction of sp³-hybridized carbons (Fsp3) is 0. The summed E-state index contributed by atoms with van der Waals surface area (Å²) < 4.78 is 93.7. The third kappa shape index (κ3) is 1.63. The SMILES string of the molecule is Oc1c(F)c(F)c2nc3c(F)c(F)c(F)c(F)c3nc2c1F. The first kappa shape index (κ1) is 14.3. The van der Waals surface area contributed by atoms with E-state index in [4.69, 9.17) is 5.11 Å². The highest BCUT2D eigenvalue weighted by Crippen LogP contribution is 2.33. The van der Waals surface area contributed by atoms with Crippen LogP contribution >= 0.6 is 0 Å². The summed E-state index contributed by atoms with van der Waals surface area (Å²) in [6.07, 6.45) is 0. The Hall–Kier alpha value is -2.65. The van der Waals surface area contributed by atoms with Crippen molar-refractivity contribution in [2.24, 2.45) is 0 Å². The van der Waals surface area contributed by atoms with Gasteiger partial charge < -0.3 is 5.11 Å². The molecule has 10 heteroatoms. The predicted molar refractivity (Wildman–Crippen MR) is 58.4 cm³/mol.